The number of benzene rings is 2. The maximum atomic E-state index is 12.2. The summed E-state index contributed by atoms with van der Waals surface area (Å²) in [6, 6.07) is 12.4. The molecule has 0 saturated carbocycles. The number of aromatic nitrogens is 3. The van der Waals surface area contributed by atoms with Gasteiger partial charge in [-0.05, 0) is 43.7 Å². The summed E-state index contributed by atoms with van der Waals surface area (Å²) in [6.07, 6.45) is 1.20. The van der Waals surface area contributed by atoms with Gasteiger partial charge in [0.2, 0.25) is 11.6 Å². The number of aryl methyl sites for hydroxylation is 1. The van der Waals surface area contributed by atoms with Crippen LogP contribution in [0.3, 0.4) is 0 Å². The second-order valence-corrected chi connectivity index (χ2v) is 7.71. The third-order valence-electron chi connectivity index (χ3n) is 4.45. The number of carbonyl (C=O) groups is 1. The molecular weight excluding hydrogens is 432 g/mol. The Hall–Kier alpha value is -4.12. The Morgan fingerprint density at radius 3 is 2.66 bits per heavy atom. The summed E-state index contributed by atoms with van der Waals surface area (Å²) >= 11 is 1.36. The summed E-state index contributed by atoms with van der Waals surface area (Å²) in [5.41, 5.74) is 2.06. The SMILES string of the molecule is CCOC(=O)c1ccccc1Nc1ncnc(Nc2nc3ccc(C)cc3s2)c1[N+](=O)[O-]. The van der Waals surface area contributed by atoms with Crippen molar-refractivity contribution in [1.29, 1.82) is 0 Å². The molecule has 0 fully saturated rings. The number of ether oxygens (including phenoxy) is 1. The van der Waals surface area contributed by atoms with E-state index >= 15 is 0 Å². The first kappa shape index (κ1) is 21.1. The van der Waals surface area contributed by atoms with Gasteiger partial charge in [0.25, 0.3) is 0 Å². The van der Waals surface area contributed by atoms with Crippen molar-refractivity contribution >= 4 is 55.7 Å². The largest absolute Gasteiger partial charge is 0.462 e. The molecule has 0 aliphatic rings. The molecule has 2 heterocycles. The number of hydrogen-bond acceptors (Lipinski definition) is 10. The number of rotatable bonds is 7. The van der Waals surface area contributed by atoms with Crippen LogP contribution in [0.2, 0.25) is 0 Å². The Bertz CT molecular complexity index is 1320. The van der Waals surface area contributed by atoms with Crippen LogP contribution in [0, 0.1) is 17.0 Å². The van der Waals surface area contributed by atoms with Crippen LogP contribution in [-0.4, -0.2) is 32.5 Å². The van der Waals surface area contributed by atoms with Gasteiger partial charge in [-0.3, -0.25) is 10.1 Å². The number of anilines is 4. The molecule has 32 heavy (non-hydrogen) atoms. The fraction of sp³-hybridized carbons (Fsp3) is 0.143. The van der Waals surface area contributed by atoms with Crippen molar-refractivity contribution in [2.45, 2.75) is 13.8 Å². The predicted molar refractivity (Wildman–Crippen MR) is 122 cm³/mol. The van der Waals surface area contributed by atoms with Gasteiger partial charge >= 0.3 is 11.7 Å². The van der Waals surface area contributed by atoms with Crippen LogP contribution in [0.25, 0.3) is 10.2 Å². The lowest BCUT2D eigenvalue weighted by molar-refractivity contribution is -0.383. The molecule has 0 atom stereocenters. The molecule has 2 aromatic carbocycles. The summed E-state index contributed by atoms with van der Waals surface area (Å²) in [7, 11) is 0. The Morgan fingerprint density at radius 1 is 1.16 bits per heavy atom. The van der Waals surface area contributed by atoms with Crippen LogP contribution in [0.1, 0.15) is 22.8 Å². The number of nitrogens with one attached hydrogen (secondary N) is 2. The zero-order chi connectivity index (χ0) is 22.7. The first-order valence-electron chi connectivity index (χ1n) is 9.63. The van der Waals surface area contributed by atoms with E-state index in [9.17, 15) is 14.9 Å². The molecule has 0 aliphatic heterocycles. The molecule has 11 heteroatoms. The minimum atomic E-state index is -0.588. The van der Waals surface area contributed by atoms with Gasteiger partial charge in [-0.1, -0.05) is 29.5 Å². The lowest BCUT2D eigenvalue weighted by atomic mass is 10.2. The third-order valence-corrected chi connectivity index (χ3v) is 5.38. The molecule has 0 aliphatic carbocycles. The lowest BCUT2D eigenvalue weighted by Gasteiger charge is -2.12. The Morgan fingerprint density at radius 2 is 1.91 bits per heavy atom. The average molecular weight is 450 g/mol. The van der Waals surface area contributed by atoms with E-state index in [1.54, 1.807) is 31.2 Å². The molecule has 0 bridgehead atoms. The van der Waals surface area contributed by atoms with E-state index in [0.717, 1.165) is 15.8 Å². The van der Waals surface area contributed by atoms with Crippen molar-refractivity contribution in [3.63, 3.8) is 0 Å². The molecule has 10 nitrogen and oxygen atoms in total. The second kappa shape index (κ2) is 8.94. The van der Waals surface area contributed by atoms with Gasteiger partial charge in [-0.15, -0.1) is 0 Å². The fourth-order valence-corrected chi connectivity index (χ4v) is 3.99. The number of carbonyl (C=O) groups excluding carboxylic acids is 1. The zero-order valence-corrected chi connectivity index (χ0v) is 18.0. The number of thiazole rings is 1. The molecule has 0 unspecified atom stereocenters. The van der Waals surface area contributed by atoms with Crippen molar-refractivity contribution in [1.82, 2.24) is 15.0 Å². The highest BCUT2D eigenvalue weighted by Gasteiger charge is 2.25. The summed E-state index contributed by atoms with van der Waals surface area (Å²) in [6.45, 7) is 3.88. The number of hydrogen-bond donors (Lipinski definition) is 2. The molecule has 162 valence electrons. The first-order valence-corrected chi connectivity index (χ1v) is 10.4. The minimum Gasteiger partial charge on any atom is -0.462 e. The number of nitrogens with zero attached hydrogens (tertiary/aromatic N) is 4. The Labute approximate surface area is 186 Å². The number of nitro groups is 1. The molecule has 0 saturated heterocycles. The summed E-state index contributed by atoms with van der Waals surface area (Å²) in [4.78, 5) is 36.1. The van der Waals surface area contributed by atoms with Gasteiger partial charge in [0.15, 0.2) is 5.13 Å². The highest BCUT2D eigenvalue weighted by Crippen LogP contribution is 2.36. The van der Waals surface area contributed by atoms with Gasteiger partial charge in [0.05, 0.1) is 33.0 Å². The van der Waals surface area contributed by atoms with E-state index in [1.165, 1.54) is 17.7 Å². The summed E-state index contributed by atoms with van der Waals surface area (Å²) in [5, 5.41) is 18.2. The monoisotopic (exact) mass is 450 g/mol. The zero-order valence-electron chi connectivity index (χ0n) is 17.2. The van der Waals surface area contributed by atoms with E-state index in [0.29, 0.717) is 10.8 Å². The first-order chi connectivity index (χ1) is 15.5. The second-order valence-electron chi connectivity index (χ2n) is 6.68. The predicted octanol–water partition coefficient (Wildman–Crippen LogP) is 4.97. The van der Waals surface area contributed by atoms with Crippen LogP contribution in [0.4, 0.5) is 28.1 Å². The van der Waals surface area contributed by atoms with E-state index in [2.05, 4.69) is 25.6 Å². The fourth-order valence-electron chi connectivity index (χ4n) is 3.03. The van der Waals surface area contributed by atoms with E-state index in [-0.39, 0.29) is 29.5 Å². The number of para-hydroxylation sites is 1. The molecule has 0 amide bonds. The van der Waals surface area contributed by atoms with Gasteiger partial charge in [0.1, 0.15) is 6.33 Å². The lowest BCUT2D eigenvalue weighted by Crippen LogP contribution is -2.10. The van der Waals surface area contributed by atoms with Crippen molar-refractivity contribution < 1.29 is 14.5 Å². The molecular formula is C21H18N6O4S. The molecule has 0 radical (unpaired) electrons. The Balaban J connectivity index is 1.70. The molecule has 4 rings (SSSR count). The van der Waals surface area contributed by atoms with Crippen LogP contribution in [0.5, 0.6) is 0 Å². The van der Waals surface area contributed by atoms with Crippen molar-refractivity contribution in [2.24, 2.45) is 0 Å². The van der Waals surface area contributed by atoms with Crippen LogP contribution in [0.15, 0.2) is 48.8 Å². The standard InChI is InChI=1S/C21H18N6O4S/c1-3-31-20(28)13-6-4-5-7-14(13)24-18-17(27(29)30)19(23-11-22-18)26-21-25-15-9-8-12(2)10-16(15)32-21/h4-11H,3H2,1-2H3,(H2,22,23,24,25,26). The molecule has 0 spiro atoms. The third kappa shape index (κ3) is 4.32. The molecule has 4 aromatic rings. The van der Waals surface area contributed by atoms with Gasteiger partial charge < -0.3 is 15.4 Å². The van der Waals surface area contributed by atoms with Crippen molar-refractivity contribution in [3.05, 3.63) is 70.0 Å². The van der Waals surface area contributed by atoms with Crippen LogP contribution >= 0.6 is 11.3 Å². The van der Waals surface area contributed by atoms with Gasteiger partial charge in [-0.2, -0.15) is 0 Å². The topological polar surface area (TPSA) is 132 Å². The molecule has 2 N–H and O–H groups in total. The maximum Gasteiger partial charge on any atom is 0.353 e. The summed E-state index contributed by atoms with van der Waals surface area (Å²) in [5.74, 6) is -0.631. The van der Waals surface area contributed by atoms with Gasteiger partial charge in [-0.25, -0.2) is 19.7 Å². The van der Waals surface area contributed by atoms with E-state index in [4.69, 9.17) is 4.74 Å². The van der Waals surface area contributed by atoms with Crippen molar-refractivity contribution in [2.75, 3.05) is 17.2 Å². The van der Waals surface area contributed by atoms with Crippen LogP contribution in [-0.2, 0) is 4.74 Å². The summed E-state index contributed by atoms with van der Waals surface area (Å²) < 4.78 is 6.01. The highest BCUT2D eigenvalue weighted by molar-refractivity contribution is 7.22. The van der Waals surface area contributed by atoms with E-state index in [1.807, 2.05) is 25.1 Å². The maximum absolute atomic E-state index is 12.2. The minimum absolute atomic E-state index is 0.0168. The van der Waals surface area contributed by atoms with Gasteiger partial charge in [0, 0.05) is 0 Å². The van der Waals surface area contributed by atoms with Crippen LogP contribution < -0.4 is 10.6 Å². The van der Waals surface area contributed by atoms with E-state index < -0.39 is 10.9 Å². The number of esters is 1. The highest BCUT2D eigenvalue weighted by atomic mass is 32.1. The Kier molecular flexibility index (Phi) is 5.90. The van der Waals surface area contributed by atoms with Crippen molar-refractivity contribution in [3.8, 4) is 0 Å². The normalized spacial score (nSPS) is 10.7. The average Bonchev–Trinajstić information content (AvgIpc) is 3.15. The number of fused-ring (bicyclic) bond motifs is 1. The molecule has 2 aromatic heterocycles. The quantitative estimate of drug-likeness (QED) is 0.227. The smallest absolute Gasteiger partial charge is 0.353 e.